The third kappa shape index (κ3) is 16.5. The zero-order valence-corrected chi connectivity index (χ0v) is 12.2. The molecule has 0 atom stereocenters. The van der Waals surface area contributed by atoms with Gasteiger partial charge in [-0.05, 0) is 12.8 Å². The molecule has 0 aliphatic heterocycles. The molecule has 0 fully saturated rings. The van der Waals surface area contributed by atoms with Crippen LogP contribution in [-0.4, -0.2) is 63.4 Å². The fourth-order valence-electron chi connectivity index (χ4n) is 0.969. The van der Waals surface area contributed by atoms with E-state index in [4.69, 9.17) is 19.3 Å². The molecule has 0 unspecified atom stereocenters. The lowest BCUT2D eigenvalue weighted by Gasteiger charge is -2.04. The molecule has 4 nitrogen and oxygen atoms in total. The lowest BCUT2D eigenvalue weighted by Crippen LogP contribution is -2.03. The van der Waals surface area contributed by atoms with E-state index in [0.29, 0.717) is 19.8 Å². The van der Waals surface area contributed by atoms with E-state index in [1.165, 1.54) is 0 Å². The first kappa shape index (κ1) is 17.5. The van der Waals surface area contributed by atoms with E-state index in [9.17, 15) is 0 Å². The highest BCUT2D eigenvalue weighted by molar-refractivity contribution is 8.76. The molecule has 0 radical (unpaired) electrons. The number of hydrogen-bond acceptors (Lipinski definition) is 6. The molecule has 0 spiro atoms. The number of aliphatic hydroxyl groups excluding tert-OH is 1. The molecule has 0 saturated carbocycles. The van der Waals surface area contributed by atoms with Gasteiger partial charge in [0.1, 0.15) is 0 Å². The van der Waals surface area contributed by atoms with Crippen LogP contribution in [0.2, 0.25) is 0 Å². The average Bonchev–Trinajstić information content (AvgIpc) is 2.35. The Morgan fingerprint density at radius 3 is 1.94 bits per heavy atom. The topological polar surface area (TPSA) is 47.9 Å². The highest BCUT2D eigenvalue weighted by Gasteiger charge is 1.93. The smallest absolute Gasteiger partial charge is 0.0700 e. The molecule has 104 valence electrons. The molecule has 0 aliphatic rings. The molecule has 0 heterocycles. The van der Waals surface area contributed by atoms with Crippen molar-refractivity contribution in [2.45, 2.75) is 12.8 Å². The summed E-state index contributed by atoms with van der Waals surface area (Å²) in [5.41, 5.74) is 0. The van der Waals surface area contributed by atoms with Gasteiger partial charge < -0.3 is 19.3 Å². The van der Waals surface area contributed by atoms with Crippen LogP contribution in [0.15, 0.2) is 0 Å². The van der Waals surface area contributed by atoms with E-state index in [-0.39, 0.29) is 6.61 Å². The molecule has 17 heavy (non-hydrogen) atoms. The first-order valence-electron chi connectivity index (χ1n) is 5.91. The van der Waals surface area contributed by atoms with Crippen LogP contribution in [0.3, 0.4) is 0 Å². The largest absolute Gasteiger partial charge is 0.394 e. The van der Waals surface area contributed by atoms with Gasteiger partial charge in [0.25, 0.3) is 0 Å². The van der Waals surface area contributed by atoms with E-state index in [0.717, 1.165) is 37.6 Å². The van der Waals surface area contributed by atoms with Crippen molar-refractivity contribution in [2.24, 2.45) is 0 Å². The van der Waals surface area contributed by atoms with Gasteiger partial charge in [-0.2, -0.15) is 0 Å². The lowest BCUT2D eigenvalue weighted by atomic mass is 10.5. The maximum Gasteiger partial charge on any atom is 0.0700 e. The van der Waals surface area contributed by atoms with Gasteiger partial charge in [0.2, 0.25) is 0 Å². The molecule has 0 aromatic heterocycles. The molecule has 0 aliphatic carbocycles. The molecule has 0 aromatic rings. The molecule has 0 aromatic carbocycles. The molecule has 6 heteroatoms. The molecule has 1 N–H and O–H groups in total. The molecule has 0 amide bonds. The summed E-state index contributed by atoms with van der Waals surface area (Å²) in [6, 6.07) is 0. The summed E-state index contributed by atoms with van der Waals surface area (Å²) in [4.78, 5) is 0. The number of methoxy groups -OCH3 is 1. The maximum absolute atomic E-state index is 8.49. The second-order valence-electron chi connectivity index (χ2n) is 3.29. The lowest BCUT2D eigenvalue weighted by molar-refractivity contribution is 0.0714. The number of aliphatic hydroxyl groups is 1. The first-order valence-corrected chi connectivity index (χ1v) is 8.40. The van der Waals surface area contributed by atoms with E-state index in [1.807, 2.05) is 21.6 Å². The second-order valence-corrected chi connectivity index (χ2v) is 5.99. The maximum atomic E-state index is 8.49. The summed E-state index contributed by atoms with van der Waals surface area (Å²) < 4.78 is 15.4. The van der Waals surface area contributed by atoms with E-state index < -0.39 is 0 Å². The SMILES string of the molecule is COCCOCCCSSCCCOCCO. The Morgan fingerprint density at radius 2 is 1.41 bits per heavy atom. The van der Waals surface area contributed by atoms with Crippen molar-refractivity contribution in [3.05, 3.63) is 0 Å². The van der Waals surface area contributed by atoms with Crippen LogP contribution < -0.4 is 0 Å². The fourth-order valence-corrected chi connectivity index (χ4v) is 3.09. The normalized spacial score (nSPS) is 10.9. The van der Waals surface area contributed by atoms with E-state index in [1.54, 1.807) is 7.11 Å². The molecule has 0 bridgehead atoms. The highest BCUT2D eigenvalue weighted by atomic mass is 33.1. The Morgan fingerprint density at radius 1 is 0.824 bits per heavy atom. The van der Waals surface area contributed by atoms with Gasteiger partial charge in [0, 0.05) is 31.8 Å². The van der Waals surface area contributed by atoms with Gasteiger partial charge in [0.05, 0.1) is 26.4 Å². The minimum Gasteiger partial charge on any atom is -0.394 e. The highest BCUT2D eigenvalue weighted by Crippen LogP contribution is 2.22. The van der Waals surface area contributed by atoms with Gasteiger partial charge in [-0.15, -0.1) is 0 Å². The predicted octanol–water partition coefficient (Wildman–Crippen LogP) is 1.82. The zero-order chi connectivity index (χ0) is 12.6. The Hall–Kier alpha value is 0.540. The summed E-state index contributed by atoms with van der Waals surface area (Å²) in [5.74, 6) is 2.22. The fraction of sp³-hybridized carbons (Fsp3) is 1.00. The van der Waals surface area contributed by atoms with Crippen LogP contribution in [0.5, 0.6) is 0 Å². The molecular formula is C11H24O4S2. The quantitative estimate of drug-likeness (QED) is 0.388. The van der Waals surface area contributed by atoms with Crippen molar-refractivity contribution < 1.29 is 19.3 Å². The van der Waals surface area contributed by atoms with Crippen molar-refractivity contribution in [3.63, 3.8) is 0 Å². The van der Waals surface area contributed by atoms with Crippen LogP contribution in [0.4, 0.5) is 0 Å². The van der Waals surface area contributed by atoms with E-state index >= 15 is 0 Å². The van der Waals surface area contributed by atoms with Gasteiger partial charge in [-0.3, -0.25) is 0 Å². The summed E-state index contributed by atoms with van der Waals surface area (Å²) in [6.07, 6.45) is 2.13. The van der Waals surface area contributed by atoms with Crippen LogP contribution >= 0.6 is 21.6 Å². The Kier molecular flexibility index (Phi) is 17.1. The Labute approximate surface area is 112 Å². The molecular weight excluding hydrogens is 260 g/mol. The first-order chi connectivity index (χ1) is 8.41. The van der Waals surface area contributed by atoms with Gasteiger partial charge >= 0.3 is 0 Å². The van der Waals surface area contributed by atoms with E-state index in [2.05, 4.69) is 0 Å². The monoisotopic (exact) mass is 284 g/mol. The standard InChI is InChI=1S/C11H24O4S2/c1-13-8-9-15-6-3-11-17-16-10-2-5-14-7-4-12/h12H,2-11H2,1H3. The molecule has 0 rings (SSSR count). The minimum atomic E-state index is 0.116. The third-order valence-corrected chi connectivity index (χ3v) is 4.36. The predicted molar refractivity (Wildman–Crippen MR) is 74.7 cm³/mol. The summed E-state index contributed by atoms with van der Waals surface area (Å²) in [6.45, 7) is 3.50. The third-order valence-electron chi connectivity index (χ3n) is 1.78. The van der Waals surface area contributed by atoms with Gasteiger partial charge in [-0.25, -0.2) is 0 Å². The summed E-state index contributed by atoms with van der Waals surface area (Å²) >= 11 is 0. The van der Waals surface area contributed by atoms with Crippen LogP contribution in [0.1, 0.15) is 12.8 Å². The zero-order valence-electron chi connectivity index (χ0n) is 10.6. The summed E-state index contributed by atoms with van der Waals surface area (Å²) in [5, 5.41) is 8.49. The second kappa shape index (κ2) is 16.5. The Balaban J connectivity index is 2.85. The van der Waals surface area contributed by atoms with Crippen molar-refractivity contribution >= 4 is 21.6 Å². The summed E-state index contributed by atoms with van der Waals surface area (Å²) in [7, 11) is 5.44. The number of ether oxygens (including phenoxy) is 3. The van der Waals surface area contributed by atoms with Crippen LogP contribution in [0, 0.1) is 0 Å². The van der Waals surface area contributed by atoms with Crippen molar-refractivity contribution in [1.29, 1.82) is 0 Å². The van der Waals surface area contributed by atoms with Crippen molar-refractivity contribution in [3.8, 4) is 0 Å². The average molecular weight is 284 g/mol. The minimum absolute atomic E-state index is 0.116. The van der Waals surface area contributed by atoms with Crippen molar-refractivity contribution in [1.82, 2.24) is 0 Å². The Bertz CT molecular complexity index is 125. The van der Waals surface area contributed by atoms with Crippen LogP contribution in [-0.2, 0) is 14.2 Å². The molecule has 0 saturated heterocycles. The number of rotatable bonds is 14. The van der Waals surface area contributed by atoms with Crippen molar-refractivity contribution in [2.75, 3.05) is 58.3 Å². The van der Waals surface area contributed by atoms with Crippen LogP contribution in [0.25, 0.3) is 0 Å². The number of hydrogen-bond donors (Lipinski definition) is 1. The van der Waals surface area contributed by atoms with Gasteiger partial charge in [-0.1, -0.05) is 21.6 Å². The van der Waals surface area contributed by atoms with Gasteiger partial charge in [0.15, 0.2) is 0 Å².